The summed E-state index contributed by atoms with van der Waals surface area (Å²) in [6, 6.07) is 29.4. The number of hydrogen-bond donors (Lipinski definition) is 0. The molecule has 0 spiro atoms. The zero-order chi connectivity index (χ0) is 17.9. The van der Waals surface area contributed by atoms with Gasteiger partial charge in [0.1, 0.15) is 5.75 Å². The molecule has 0 saturated heterocycles. The van der Waals surface area contributed by atoms with Crippen LogP contribution in [0.3, 0.4) is 0 Å². The molecule has 4 rings (SSSR count). The van der Waals surface area contributed by atoms with Gasteiger partial charge in [0.25, 0.3) is 0 Å². The number of benzene rings is 3. The Balaban J connectivity index is 1.97. The second kappa shape index (κ2) is 6.93. The van der Waals surface area contributed by atoms with Crippen LogP contribution in [0.25, 0.3) is 28.1 Å². The minimum atomic E-state index is 0.863. The van der Waals surface area contributed by atoms with Crippen molar-refractivity contribution in [2.24, 2.45) is 0 Å². The fraction of sp³-hybridized carbons (Fsp3) is 0.0833. The van der Waals surface area contributed by atoms with E-state index < -0.39 is 0 Å². The molecule has 0 atom stereocenters. The highest BCUT2D eigenvalue weighted by molar-refractivity contribution is 5.85. The van der Waals surface area contributed by atoms with Crippen LogP contribution >= 0.6 is 0 Å². The second-order valence-electron chi connectivity index (χ2n) is 6.34. The van der Waals surface area contributed by atoms with E-state index in [4.69, 9.17) is 4.74 Å². The Hall–Kier alpha value is -3.26. The molecule has 26 heavy (non-hydrogen) atoms. The third kappa shape index (κ3) is 2.91. The Morgan fingerprint density at radius 1 is 0.692 bits per heavy atom. The maximum atomic E-state index is 5.31. The molecular weight excluding hydrogens is 318 g/mol. The van der Waals surface area contributed by atoms with Crippen LogP contribution in [0.15, 0.2) is 91.1 Å². The number of nitrogens with zero attached hydrogens (tertiary/aromatic N) is 1. The summed E-state index contributed by atoms with van der Waals surface area (Å²) in [5.74, 6) is 0.863. The van der Waals surface area contributed by atoms with Gasteiger partial charge in [-0.25, -0.2) is 0 Å². The summed E-state index contributed by atoms with van der Waals surface area (Å²) in [6.45, 7) is 2.18. The number of aryl methyl sites for hydroxylation is 1. The molecule has 0 saturated carbocycles. The van der Waals surface area contributed by atoms with Gasteiger partial charge in [0.05, 0.1) is 12.8 Å². The summed E-state index contributed by atoms with van der Waals surface area (Å²) < 4.78 is 7.58. The lowest BCUT2D eigenvalue weighted by Gasteiger charge is -2.13. The van der Waals surface area contributed by atoms with Crippen LogP contribution in [0, 0.1) is 6.92 Å². The average molecular weight is 339 g/mol. The first-order valence-corrected chi connectivity index (χ1v) is 8.75. The van der Waals surface area contributed by atoms with E-state index in [-0.39, 0.29) is 0 Å². The summed E-state index contributed by atoms with van der Waals surface area (Å²) in [5, 5.41) is 0. The predicted molar refractivity (Wildman–Crippen MR) is 108 cm³/mol. The Kier molecular flexibility index (Phi) is 4.32. The van der Waals surface area contributed by atoms with Crippen molar-refractivity contribution in [3.05, 3.63) is 96.7 Å². The molecule has 0 unspecified atom stereocenters. The summed E-state index contributed by atoms with van der Waals surface area (Å²) in [7, 11) is 1.69. The van der Waals surface area contributed by atoms with Gasteiger partial charge in [-0.1, -0.05) is 60.7 Å². The van der Waals surface area contributed by atoms with E-state index in [0.29, 0.717) is 0 Å². The maximum absolute atomic E-state index is 5.31. The van der Waals surface area contributed by atoms with Crippen LogP contribution in [-0.4, -0.2) is 11.7 Å². The van der Waals surface area contributed by atoms with Crippen molar-refractivity contribution in [2.45, 2.75) is 6.92 Å². The molecule has 0 amide bonds. The largest absolute Gasteiger partial charge is 0.497 e. The molecule has 3 aromatic carbocycles. The molecule has 2 nitrogen and oxygen atoms in total. The van der Waals surface area contributed by atoms with Gasteiger partial charge < -0.3 is 9.30 Å². The minimum Gasteiger partial charge on any atom is -0.497 e. The van der Waals surface area contributed by atoms with E-state index >= 15 is 0 Å². The van der Waals surface area contributed by atoms with Gasteiger partial charge in [-0.15, -0.1) is 0 Å². The molecule has 0 aliphatic rings. The van der Waals surface area contributed by atoms with Crippen molar-refractivity contribution in [2.75, 3.05) is 7.11 Å². The SMILES string of the molecule is COc1ccc(-n2cc(C)c(-c3ccccc3)c2-c2ccccc2)cc1. The van der Waals surface area contributed by atoms with Gasteiger partial charge in [0.2, 0.25) is 0 Å². The standard InChI is InChI=1S/C24H21NO/c1-18-17-25(21-13-15-22(26-2)16-14-21)24(20-11-7-4-8-12-20)23(18)19-9-5-3-6-10-19/h3-17H,1-2H3. The first-order valence-electron chi connectivity index (χ1n) is 8.75. The molecule has 0 aliphatic heterocycles. The molecule has 0 aliphatic carbocycles. The fourth-order valence-electron chi connectivity index (χ4n) is 3.43. The predicted octanol–water partition coefficient (Wildman–Crippen LogP) is 6.13. The number of hydrogen-bond acceptors (Lipinski definition) is 1. The lowest BCUT2D eigenvalue weighted by atomic mass is 9.98. The number of aromatic nitrogens is 1. The van der Waals surface area contributed by atoms with Crippen LogP contribution in [0.4, 0.5) is 0 Å². The number of rotatable bonds is 4. The summed E-state index contributed by atoms with van der Waals surface area (Å²) in [5.41, 5.74) is 7.29. The third-order valence-corrected chi connectivity index (χ3v) is 4.66. The number of ether oxygens (including phenoxy) is 1. The molecule has 0 fully saturated rings. The zero-order valence-electron chi connectivity index (χ0n) is 15.0. The zero-order valence-corrected chi connectivity index (χ0v) is 15.0. The van der Waals surface area contributed by atoms with Gasteiger partial charge in [0, 0.05) is 17.4 Å². The molecular formula is C24H21NO. The van der Waals surface area contributed by atoms with Crippen LogP contribution in [0.1, 0.15) is 5.56 Å². The second-order valence-corrected chi connectivity index (χ2v) is 6.34. The quantitative estimate of drug-likeness (QED) is 0.436. The molecule has 128 valence electrons. The van der Waals surface area contributed by atoms with Crippen molar-refractivity contribution in [1.82, 2.24) is 4.57 Å². The molecule has 0 bridgehead atoms. The normalized spacial score (nSPS) is 10.7. The molecule has 1 heterocycles. The van der Waals surface area contributed by atoms with E-state index in [1.807, 2.05) is 12.1 Å². The van der Waals surface area contributed by atoms with Crippen LogP contribution in [0.5, 0.6) is 5.75 Å². The fourth-order valence-corrected chi connectivity index (χ4v) is 3.43. The molecule has 1 aromatic heterocycles. The topological polar surface area (TPSA) is 14.2 Å². The monoisotopic (exact) mass is 339 g/mol. The van der Waals surface area contributed by atoms with Gasteiger partial charge in [-0.2, -0.15) is 0 Å². The highest BCUT2D eigenvalue weighted by atomic mass is 16.5. The molecule has 0 radical (unpaired) electrons. The van der Waals surface area contributed by atoms with E-state index in [1.165, 1.54) is 27.9 Å². The van der Waals surface area contributed by atoms with Gasteiger partial charge >= 0.3 is 0 Å². The molecule has 2 heteroatoms. The van der Waals surface area contributed by atoms with Crippen molar-refractivity contribution < 1.29 is 4.74 Å². The Morgan fingerprint density at radius 2 is 1.27 bits per heavy atom. The maximum Gasteiger partial charge on any atom is 0.119 e. The summed E-state index contributed by atoms with van der Waals surface area (Å²) in [4.78, 5) is 0. The Morgan fingerprint density at radius 3 is 1.85 bits per heavy atom. The van der Waals surface area contributed by atoms with Gasteiger partial charge in [-0.3, -0.25) is 0 Å². The molecule has 0 N–H and O–H groups in total. The lowest BCUT2D eigenvalue weighted by molar-refractivity contribution is 0.415. The lowest BCUT2D eigenvalue weighted by Crippen LogP contribution is -1.96. The van der Waals surface area contributed by atoms with Crippen LogP contribution < -0.4 is 4.74 Å². The average Bonchev–Trinajstić information content (AvgIpc) is 3.06. The van der Waals surface area contributed by atoms with E-state index in [1.54, 1.807) is 7.11 Å². The summed E-state index contributed by atoms with van der Waals surface area (Å²) in [6.07, 6.45) is 2.21. The Bertz CT molecular complexity index is 1000. The Labute approximate surface area is 154 Å². The first-order chi connectivity index (χ1) is 12.8. The van der Waals surface area contributed by atoms with Crippen molar-refractivity contribution in [3.8, 4) is 33.8 Å². The highest BCUT2D eigenvalue weighted by Gasteiger charge is 2.17. The van der Waals surface area contributed by atoms with E-state index in [0.717, 1.165) is 11.4 Å². The van der Waals surface area contributed by atoms with Crippen molar-refractivity contribution in [1.29, 1.82) is 0 Å². The summed E-state index contributed by atoms with van der Waals surface area (Å²) >= 11 is 0. The number of methoxy groups -OCH3 is 1. The van der Waals surface area contributed by atoms with Gasteiger partial charge in [0.15, 0.2) is 0 Å². The molecule has 4 aromatic rings. The highest BCUT2D eigenvalue weighted by Crippen LogP contribution is 2.38. The first kappa shape index (κ1) is 16.2. The smallest absolute Gasteiger partial charge is 0.119 e. The van der Waals surface area contributed by atoms with E-state index in [2.05, 4.69) is 90.5 Å². The van der Waals surface area contributed by atoms with E-state index in [9.17, 15) is 0 Å². The van der Waals surface area contributed by atoms with Gasteiger partial charge in [-0.05, 0) is 47.9 Å². The minimum absolute atomic E-state index is 0.863. The van der Waals surface area contributed by atoms with Crippen molar-refractivity contribution in [3.63, 3.8) is 0 Å². The van der Waals surface area contributed by atoms with Crippen LogP contribution in [0.2, 0.25) is 0 Å². The van der Waals surface area contributed by atoms with Crippen molar-refractivity contribution >= 4 is 0 Å². The third-order valence-electron chi connectivity index (χ3n) is 4.66. The van der Waals surface area contributed by atoms with Crippen LogP contribution in [-0.2, 0) is 0 Å².